The van der Waals surface area contributed by atoms with Crippen molar-refractivity contribution < 1.29 is 28.3 Å². The molecule has 0 heterocycles. The molecule has 0 atom stereocenters. The molecule has 8 nitrogen and oxygen atoms in total. The smallest absolute Gasteiger partial charge is 0.325 e. The van der Waals surface area contributed by atoms with Crippen molar-refractivity contribution in [3.63, 3.8) is 0 Å². The van der Waals surface area contributed by atoms with E-state index >= 15 is 0 Å². The summed E-state index contributed by atoms with van der Waals surface area (Å²) < 4.78 is 17.9. The number of amides is 4. The number of halogens is 1. The SMILES string of the molecule is CCNC(=O)NC(=O)COC(=O)CNC(=O)c1ccccc1F. The molecule has 0 bridgehead atoms. The average molecular weight is 325 g/mol. The molecule has 0 saturated heterocycles. The molecule has 1 rings (SSSR count). The van der Waals surface area contributed by atoms with Crippen LogP contribution in [0, 0.1) is 5.82 Å². The highest BCUT2D eigenvalue weighted by Gasteiger charge is 2.14. The summed E-state index contributed by atoms with van der Waals surface area (Å²) in [6.07, 6.45) is 0. The van der Waals surface area contributed by atoms with E-state index in [1.54, 1.807) is 6.92 Å². The number of nitrogens with one attached hydrogen (secondary N) is 3. The Morgan fingerprint density at radius 2 is 1.83 bits per heavy atom. The third kappa shape index (κ3) is 6.55. The minimum atomic E-state index is -0.902. The van der Waals surface area contributed by atoms with E-state index in [1.807, 2.05) is 5.32 Å². The second-order valence-electron chi connectivity index (χ2n) is 4.23. The van der Waals surface area contributed by atoms with Crippen molar-refractivity contribution in [1.29, 1.82) is 0 Å². The van der Waals surface area contributed by atoms with E-state index in [2.05, 4.69) is 15.4 Å². The highest BCUT2D eigenvalue weighted by Crippen LogP contribution is 2.05. The summed E-state index contributed by atoms with van der Waals surface area (Å²) in [5.74, 6) is -3.23. The lowest BCUT2D eigenvalue weighted by molar-refractivity contribution is -0.147. The number of carbonyl (C=O) groups is 4. The number of hydrogen-bond donors (Lipinski definition) is 3. The van der Waals surface area contributed by atoms with Crippen molar-refractivity contribution in [3.8, 4) is 0 Å². The van der Waals surface area contributed by atoms with Crippen molar-refractivity contribution in [2.24, 2.45) is 0 Å². The molecule has 0 aliphatic rings. The lowest BCUT2D eigenvalue weighted by Gasteiger charge is -2.07. The fraction of sp³-hybridized carbons (Fsp3) is 0.286. The van der Waals surface area contributed by atoms with Gasteiger partial charge in [-0.3, -0.25) is 19.7 Å². The van der Waals surface area contributed by atoms with Gasteiger partial charge >= 0.3 is 12.0 Å². The van der Waals surface area contributed by atoms with E-state index in [1.165, 1.54) is 18.2 Å². The summed E-state index contributed by atoms with van der Waals surface area (Å²) in [4.78, 5) is 45.3. The van der Waals surface area contributed by atoms with E-state index in [9.17, 15) is 23.6 Å². The quantitative estimate of drug-likeness (QED) is 0.634. The molecule has 1 aromatic rings. The molecule has 0 aliphatic carbocycles. The van der Waals surface area contributed by atoms with Crippen LogP contribution in [0.5, 0.6) is 0 Å². The van der Waals surface area contributed by atoms with Crippen LogP contribution in [0.3, 0.4) is 0 Å². The van der Waals surface area contributed by atoms with Crippen LogP contribution in [-0.4, -0.2) is 43.5 Å². The Morgan fingerprint density at radius 3 is 2.48 bits per heavy atom. The van der Waals surface area contributed by atoms with Gasteiger partial charge in [0.1, 0.15) is 12.4 Å². The number of urea groups is 1. The second kappa shape index (κ2) is 9.13. The van der Waals surface area contributed by atoms with Gasteiger partial charge in [0, 0.05) is 6.54 Å². The van der Waals surface area contributed by atoms with Gasteiger partial charge in [0.15, 0.2) is 6.61 Å². The highest BCUT2D eigenvalue weighted by atomic mass is 19.1. The molecule has 124 valence electrons. The van der Waals surface area contributed by atoms with Crippen LogP contribution < -0.4 is 16.0 Å². The molecule has 23 heavy (non-hydrogen) atoms. The first kappa shape index (κ1) is 18.1. The Bertz CT molecular complexity index is 606. The predicted molar refractivity (Wildman–Crippen MR) is 76.9 cm³/mol. The number of carbonyl (C=O) groups excluding carboxylic acids is 4. The molecule has 3 N–H and O–H groups in total. The van der Waals surface area contributed by atoms with Gasteiger partial charge < -0.3 is 15.4 Å². The Hall–Kier alpha value is -2.97. The van der Waals surface area contributed by atoms with Crippen LogP contribution in [0.4, 0.5) is 9.18 Å². The first-order chi connectivity index (χ1) is 10.9. The Balaban J connectivity index is 2.32. The van der Waals surface area contributed by atoms with Crippen LogP contribution in [0.15, 0.2) is 24.3 Å². The van der Waals surface area contributed by atoms with Gasteiger partial charge in [0.2, 0.25) is 0 Å². The fourth-order valence-corrected chi connectivity index (χ4v) is 1.46. The summed E-state index contributed by atoms with van der Waals surface area (Å²) in [6, 6.07) is 4.56. The van der Waals surface area contributed by atoms with E-state index in [4.69, 9.17) is 0 Å². The number of benzene rings is 1. The Kier molecular flexibility index (Phi) is 7.18. The molecule has 4 amide bonds. The van der Waals surface area contributed by atoms with Crippen molar-refractivity contribution in [1.82, 2.24) is 16.0 Å². The molecule has 0 unspecified atom stereocenters. The predicted octanol–water partition coefficient (Wildman–Crippen LogP) is -0.0556. The van der Waals surface area contributed by atoms with Crippen molar-refractivity contribution >= 4 is 23.8 Å². The third-order valence-electron chi connectivity index (χ3n) is 2.47. The van der Waals surface area contributed by atoms with E-state index < -0.39 is 42.8 Å². The highest BCUT2D eigenvalue weighted by molar-refractivity contribution is 5.97. The summed E-state index contributed by atoms with van der Waals surface area (Å²) >= 11 is 0. The van der Waals surface area contributed by atoms with E-state index in [0.29, 0.717) is 6.54 Å². The van der Waals surface area contributed by atoms with Crippen LogP contribution in [-0.2, 0) is 14.3 Å². The van der Waals surface area contributed by atoms with E-state index in [0.717, 1.165) is 6.07 Å². The van der Waals surface area contributed by atoms with Gasteiger partial charge in [0.05, 0.1) is 5.56 Å². The van der Waals surface area contributed by atoms with Crippen LogP contribution >= 0.6 is 0 Å². The normalized spacial score (nSPS) is 9.65. The zero-order chi connectivity index (χ0) is 17.2. The monoisotopic (exact) mass is 325 g/mol. The first-order valence-electron chi connectivity index (χ1n) is 6.70. The van der Waals surface area contributed by atoms with Gasteiger partial charge in [-0.25, -0.2) is 9.18 Å². The molecule has 0 aliphatic heterocycles. The molecular formula is C14H16FN3O5. The number of imide groups is 1. The number of hydrogen-bond acceptors (Lipinski definition) is 5. The van der Waals surface area contributed by atoms with Crippen LogP contribution in [0.2, 0.25) is 0 Å². The number of rotatable bonds is 6. The zero-order valence-electron chi connectivity index (χ0n) is 12.3. The molecular weight excluding hydrogens is 309 g/mol. The maximum Gasteiger partial charge on any atom is 0.325 e. The Labute approximate surface area is 131 Å². The summed E-state index contributed by atoms with van der Waals surface area (Å²) in [5, 5.41) is 6.41. The average Bonchev–Trinajstić information content (AvgIpc) is 2.51. The number of esters is 1. The molecule has 0 spiro atoms. The molecule has 0 fully saturated rings. The molecule has 0 aromatic heterocycles. The van der Waals surface area contributed by atoms with Gasteiger partial charge in [-0.15, -0.1) is 0 Å². The summed E-state index contributed by atoms with van der Waals surface area (Å²) in [7, 11) is 0. The largest absolute Gasteiger partial charge is 0.454 e. The molecule has 9 heteroatoms. The molecule has 0 radical (unpaired) electrons. The fourth-order valence-electron chi connectivity index (χ4n) is 1.46. The van der Waals surface area contributed by atoms with Crippen molar-refractivity contribution in [2.75, 3.05) is 19.7 Å². The van der Waals surface area contributed by atoms with Gasteiger partial charge in [0.25, 0.3) is 11.8 Å². The Morgan fingerprint density at radius 1 is 1.13 bits per heavy atom. The third-order valence-corrected chi connectivity index (χ3v) is 2.47. The molecule has 1 aromatic carbocycles. The van der Waals surface area contributed by atoms with Gasteiger partial charge in [-0.2, -0.15) is 0 Å². The maximum absolute atomic E-state index is 13.3. The van der Waals surface area contributed by atoms with Crippen LogP contribution in [0.25, 0.3) is 0 Å². The lowest BCUT2D eigenvalue weighted by Crippen LogP contribution is -2.41. The minimum absolute atomic E-state index is 0.214. The van der Waals surface area contributed by atoms with Crippen molar-refractivity contribution in [3.05, 3.63) is 35.6 Å². The topological polar surface area (TPSA) is 114 Å². The van der Waals surface area contributed by atoms with Crippen LogP contribution in [0.1, 0.15) is 17.3 Å². The van der Waals surface area contributed by atoms with Crippen molar-refractivity contribution in [2.45, 2.75) is 6.92 Å². The first-order valence-corrected chi connectivity index (χ1v) is 6.70. The van der Waals surface area contributed by atoms with Gasteiger partial charge in [-0.05, 0) is 19.1 Å². The summed E-state index contributed by atoms with van der Waals surface area (Å²) in [6.45, 7) is 0.788. The second-order valence-corrected chi connectivity index (χ2v) is 4.23. The lowest BCUT2D eigenvalue weighted by atomic mass is 10.2. The van der Waals surface area contributed by atoms with E-state index in [-0.39, 0.29) is 5.56 Å². The maximum atomic E-state index is 13.3. The number of ether oxygens (including phenoxy) is 1. The minimum Gasteiger partial charge on any atom is -0.454 e. The standard InChI is InChI=1S/C14H16FN3O5/c1-2-16-14(22)18-11(19)8-23-12(20)7-17-13(21)9-5-3-4-6-10(9)15/h3-6H,2,7-8H2,1H3,(H,17,21)(H2,16,18,19,22). The van der Waals surface area contributed by atoms with Gasteiger partial charge in [-0.1, -0.05) is 12.1 Å². The molecule has 0 saturated carbocycles. The zero-order valence-corrected chi connectivity index (χ0v) is 12.3. The summed E-state index contributed by atoms with van der Waals surface area (Å²) in [5.41, 5.74) is -0.214.